The number of non-ortho nitro benzene ring substituents is 1. The highest BCUT2D eigenvalue weighted by atomic mass is 79.9. The lowest BCUT2D eigenvalue weighted by Gasteiger charge is -1.99. The lowest BCUT2D eigenvalue weighted by molar-refractivity contribution is -0.384. The zero-order valence-electron chi connectivity index (χ0n) is 13.8. The minimum atomic E-state index is -0.485. The molecule has 0 bridgehead atoms. The van der Waals surface area contributed by atoms with E-state index in [9.17, 15) is 14.9 Å². The molecule has 27 heavy (non-hydrogen) atoms. The van der Waals surface area contributed by atoms with Crippen molar-refractivity contribution in [3.05, 3.63) is 73.5 Å². The highest BCUT2D eigenvalue weighted by Gasteiger charge is 2.07. The molecule has 0 aliphatic rings. The second-order valence-electron chi connectivity index (χ2n) is 5.42. The zero-order chi connectivity index (χ0) is 19.4. The Morgan fingerprint density at radius 2 is 2.19 bits per heavy atom. The number of nitro benzene ring substituents is 1. The van der Waals surface area contributed by atoms with Gasteiger partial charge in [-0.15, -0.1) is 6.42 Å². The van der Waals surface area contributed by atoms with Crippen LogP contribution in [-0.2, 0) is 11.3 Å². The van der Waals surface area contributed by atoms with Gasteiger partial charge in [0.25, 0.3) is 11.6 Å². The van der Waals surface area contributed by atoms with Crippen LogP contribution in [-0.4, -0.2) is 15.4 Å². The van der Waals surface area contributed by atoms with E-state index in [1.54, 1.807) is 16.7 Å². The van der Waals surface area contributed by atoms with E-state index in [4.69, 9.17) is 6.42 Å². The van der Waals surface area contributed by atoms with Gasteiger partial charge in [-0.1, -0.05) is 45.3 Å². The number of rotatable bonds is 4. The fourth-order valence-corrected chi connectivity index (χ4v) is 4.00. The Bertz CT molecular complexity index is 1180. The topological polar surface area (TPSA) is 77.5 Å². The summed E-state index contributed by atoms with van der Waals surface area (Å²) in [5.41, 5.74) is 1.41. The van der Waals surface area contributed by atoms with Crippen molar-refractivity contribution in [2.75, 3.05) is 0 Å². The Hall–Kier alpha value is -3.02. The van der Waals surface area contributed by atoms with Gasteiger partial charge in [0, 0.05) is 22.7 Å². The monoisotopic (exact) mass is 441 g/mol. The van der Waals surface area contributed by atoms with Crippen LogP contribution in [0.3, 0.4) is 0 Å². The number of aromatic nitrogens is 1. The summed E-state index contributed by atoms with van der Waals surface area (Å²) in [6.07, 6.45) is 8.21. The first-order chi connectivity index (χ1) is 13.0. The van der Waals surface area contributed by atoms with E-state index in [2.05, 4.69) is 26.8 Å². The molecule has 6 nitrogen and oxygen atoms in total. The SMILES string of the molecule is C#CCn1/c(=N/C(=O)/C=C/c2cccc([N+](=O)[O-])c2)sc2cc(Br)ccc21. The predicted octanol–water partition coefficient (Wildman–Crippen LogP) is 4.15. The summed E-state index contributed by atoms with van der Waals surface area (Å²) in [5, 5.41) is 10.8. The van der Waals surface area contributed by atoms with Crippen LogP contribution in [0, 0.1) is 22.5 Å². The Morgan fingerprint density at radius 3 is 2.93 bits per heavy atom. The number of thiazole rings is 1. The van der Waals surface area contributed by atoms with Crippen molar-refractivity contribution in [2.24, 2.45) is 4.99 Å². The third-order valence-corrected chi connectivity index (χ3v) is 5.13. The predicted molar refractivity (Wildman–Crippen MR) is 109 cm³/mol. The molecule has 0 saturated heterocycles. The number of amides is 1. The average molecular weight is 442 g/mol. The highest BCUT2D eigenvalue weighted by molar-refractivity contribution is 9.10. The third kappa shape index (κ3) is 4.39. The normalized spacial score (nSPS) is 11.8. The molecule has 2 aromatic carbocycles. The van der Waals surface area contributed by atoms with Crippen LogP contribution in [0.15, 0.2) is 58.0 Å². The quantitative estimate of drug-likeness (QED) is 0.264. The van der Waals surface area contributed by atoms with Gasteiger partial charge in [0.1, 0.15) is 0 Å². The number of carbonyl (C=O) groups is 1. The second kappa shape index (κ2) is 8.12. The maximum atomic E-state index is 12.2. The summed E-state index contributed by atoms with van der Waals surface area (Å²) in [5.74, 6) is 2.10. The van der Waals surface area contributed by atoms with Crippen molar-refractivity contribution in [1.82, 2.24) is 4.57 Å². The van der Waals surface area contributed by atoms with E-state index >= 15 is 0 Å². The molecule has 0 atom stereocenters. The van der Waals surface area contributed by atoms with Gasteiger partial charge in [-0.05, 0) is 29.8 Å². The third-order valence-electron chi connectivity index (χ3n) is 3.60. The van der Waals surface area contributed by atoms with Crippen molar-refractivity contribution < 1.29 is 9.72 Å². The number of halogens is 1. The van der Waals surface area contributed by atoms with Crippen molar-refractivity contribution >= 4 is 55.2 Å². The van der Waals surface area contributed by atoms with Crippen LogP contribution in [0.5, 0.6) is 0 Å². The minimum Gasteiger partial charge on any atom is -0.305 e. The lowest BCUT2D eigenvalue weighted by Crippen LogP contribution is -2.15. The van der Waals surface area contributed by atoms with Crippen LogP contribution in [0.25, 0.3) is 16.3 Å². The van der Waals surface area contributed by atoms with E-state index in [0.717, 1.165) is 14.7 Å². The van der Waals surface area contributed by atoms with Gasteiger partial charge in [0.05, 0.1) is 21.7 Å². The molecule has 0 spiro atoms. The van der Waals surface area contributed by atoms with E-state index in [0.29, 0.717) is 16.9 Å². The first kappa shape index (κ1) is 18.8. The fourth-order valence-electron chi connectivity index (χ4n) is 2.42. The Kier molecular flexibility index (Phi) is 5.64. The number of nitro groups is 1. The van der Waals surface area contributed by atoms with Crippen LogP contribution in [0.1, 0.15) is 5.56 Å². The fraction of sp³-hybridized carbons (Fsp3) is 0.0526. The van der Waals surface area contributed by atoms with Gasteiger partial charge in [0.2, 0.25) is 0 Å². The molecular weight excluding hydrogens is 430 g/mol. The standard InChI is InChI=1S/C19H12BrN3O3S/c1-2-10-22-16-8-7-14(20)12-17(16)27-19(22)21-18(24)9-6-13-4-3-5-15(11-13)23(25)26/h1,3-9,11-12H,10H2/b9-6+,21-19-. The minimum absolute atomic E-state index is 0.0384. The summed E-state index contributed by atoms with van der Waals surface area (Å²) in [6, 6.07) is 11.8. The van der Waals surface area contributed by atoms with Gasteiger partial charge in [-0.3, -0.25) is 14.9 Å². The molecule has 1 heterocycles. The van der Waals surface area contributed by atoms with Crippen molar-refractivity contribution in [3.63, 3.8) is 0 Å². The smallest absolute Gasteiger partial charge is 0.272 e. The summed E-state index contributed by atoms with van der Waals surface area (Å²) < 4.78 is 3.67. The van der Waals surface area contributed by atoms with Crippen LogP contribution in [0.4, 0.5) is 5.69 Å². The summed E-state index contributed by atoms with van der Waals surface area (Å²) in [7, 11) is 0. The van der Waals surface area contributed by atoms with Gasteiger partial charge in [-0.25, -0.2) is 0 Å². The van der Waals surface area contributed by atoms with Gasteiger partial charge < -0.3 is 4.57 Å². The molecule has 0 radical (unpaired) electrons. The average Bonchev–Trinajstić information content (AvgIpc) is 2.97. The first-order valence-electron chi connectivity index (χ1n) is 7.71. The van der Waals surface area contributed by atoms with E-state index in [1.807, 2.05) is 18.2 Å². The van der Waals surface area contributed by atoms with Gasteiger partial charge in [0.15, 0.2) is 4.80 Å². The molecule has 8 heteroatoms. The number of hydrogen-bond donors (Lipinski definition) is 0. The van der Waals surface area contributed by atoms with E-state index in [1.165, 1.54) is 35.6 Å². The number of carbonyl (C=O) groups excluding carboxylic acids is 1. The number of fused-ring (bicyclic) bond motifs is 1. The molecular formula is C19H12BrN3O3S. The Labute approximate surface area is 166 Å². The number of terminal acetylenes is 1. The number of nitrogens with zero attached hydrogens (tertiary/aromatic N) is 3. The molecule has 3 rings (SSSR count). The molecule has 134 valence electrons. The molecule has 0 N–H and O–H groups in total. The maximum Gasteiger partial charge on any atom is 0.272 e. The Balaban J connectivity index is 1.95. The second-order valence-corrected chi connectivity index (χ2v) is 7.35. The zero-order valence-corrected chi connectivity index (χ0v) is 16.2. The van der Waals surface area contributed by atoms with Crippen LogP contribution < -0.4 is 4.80 Å². The van der Waals surface area contributed by atoms with E-state index < -0.39 is 10.8 Å². The molecule has 0 aliphatic carbocycles. The van der Waals surface area contributed by atoms with Crippen molar-refractivity contribution in [3.8, 4) is 12.3 Å². The summed E-state index contributed by atoms with van der Waals surface area (Å²) >= 11 is 4.78. The molecule has 0 fully saturated rings. The molecule has 0 unspecified atom stereocenters. The number of hydrogen-bond acceptors (Lipinski definition) is 4. The summed E-state index contributed by atoms with van der Waals surface area (Å²) in [6.45, 7) is 0.294. The molecule has 1 amide bonds. The molecule has 0 saturated carbocycles. The van der Waals surface area contributed by atoms with Gasteiger partial charge in [-0.2, -0.15) is 4.99 Å². The van der Waals surface area contributed by atoms with Crippen LogP contribution >= 0.6 is 27.3 Å². The van der Waals surface area contributed by atoms with E-state index in [-0.39, 0.29) is 5.69 Å². The molecule has 3 aromatic rings. The van der Waals surface area contributed by atoms with Crippen LogP contribution in [0.2, 0.25) is 0 Å². The maximum absolute atomic E-state index is 12.2. The molecule has 1 aromatic heterocycles. The lowest BCUT2D eigenvalue weighted by atomic mass is 10.2. The largest absolute Gasteiger partial charge is 0.305 e. The van der Waals surface area contributed by atoms with Crippen molar-refractivity contribution in [1.29, 1.82) is 0 Å². The van der Waals surface area contributed by atoms with Gasteiger partial charge >= 0.3 is 0 Å². The Morgan fingerprint density at radius 1 is 1.37 bits per heavy atom. The molecule has 0 aliphatic heterocycles. The summed E-state index contributed by atoms with van der Waals surface area (Å²) in [4.78, 5) is 27.2. The first-order valence-corrected chi connectivity index (χ1v) is 9.32. The van der Waals surface area contributed by atoms with Crippen molar-refractivity contribution in [2.45, 2.75) is 6.54 Å². The highest BCUT2D eigenvalue weighted by Crippen LogP contribution is 2.22. The number of benzene rings is 2.